The van der Waals surface area contributed by atoms with Crippen LogP contribution in [0.2, 0.25) is 0 Å². The second-order valence-electron chi connectivity index (χ2n) is 5.57. The van der Waals surface area contributed by atoms with Gasteiger partial charge in [0.2, 0.25) is 5.91 Å². The number of anilines is 1. The number of carbonyl (C=O) groups excluding carboxylic acids is 1. The van der Waals surface area contributed by atoms with Gasteiger partial charge in [-0.25, -0.2) is 0 Å². The maximum atomic E-state index is 12.4. The van der Waals surface area contributed by atoms with E-state index >= 15 is 0 Å². The zero-order valence-electron chi connectivity index (χ0n) is 11.8. The van der Waals surface area contributed by atoms with Gasteiger partial charge in [-0.2, -0.15) is 0 Å². The van der Waals surface area contributed by atoms with Crippen molar-refractivity contribution in [1.82, 2.24) is 0 Å². The van der Waals surface area contributed by atoms with E-state index in [4.69, 9.17) is 4.74 Å². The van der Waals surface area contributed by atoms with Gasteiger partial charge in [0.15, 0.2) is 0 Å². The molecule has 1 aromatic carbocycles. The van der Waals surface area contributed by atoms with E-state index in [1.165, 1.54) is 0 Å². The molecule has 3 heteroatoms. The van der Waals surface area contributed by atoms with Crippen molar-refractivity contribution >= 4 is 11.6 Å². The third kappa shape index (κ3) is 4.06. The molecule has 0 saturated carbocycles. The second kappa shape index (κ2) is 6.71. The Balaban J connectivity index is 2.10. The predicted molar refractivity (Wildman–Crippen MR) is 77.2 cm³/mol. The molecule has 3 nitrogen and oxygen atoms in total. The first-order valence-corrected chi connectivity index (χ1v) is 7.14. The molecule has 1 atom stereocenters. The number of benzene rings is 1. The summed E-state index contributed by atoms with van der Waals surface area (Å²) in [6.45, 7) is 5.65. The fraction of sp³-hybridized carbons (Fsp3) is 0.562. The molecule has 1 fully saturated rings. The smallest absolute Gasteiger partial charge is 0.227 e. The van der Waals surface area contributed by atoms with Gasteiger partial charge in [0.25, 0.3) is 0 Å². The number of hydrogen-bond donors (Lipinski definition) is 0. The molecule has 1 aromatic rings. The number of para-hydroxylation sites is 1. The van der Waals surface area contributed by atoms with Gasteiger partial charge in [-0.15, -0.1) is 0 Å². The molecule has 19 heavy (non-hydrogen) atoms. The molecule has 1 unspecified atom stereocenters. The number of nitrogens with zero attached hydrogens (tertiary/aromatic N) is 1. The largest absolute Gasteiger partial charge is 0.376 e. The van der Waals surface area contributed by atoms with E-state index in [0.717, 1.165) is 25.1 Å². The van der Waals surface area contributed by atoms with E-state index < -0.39 is 0 Å². The Morgan fingerprint density at radius 3 is 2.68 bits per heavy atom. The minimum atomic E-state index is 0.191. The molecule has 2 rings (SSSR count). The first kappa shape index (κ1) is 14.1. The highest BCUT2D eigenvalue weighted by atomic mass is 16.5. The molecule has 0 bridgehead atoms. The van der Waals surface area contributed by atoms with Gasteiger partial charge in [-0.1, -0.05) is 32.0 Å². The standard InChI is InChI=1S/C16H23NO2/c1-13(2)11-16(18)17(12-15-9-6-10-19-15)14-7-4-3-5-8-14/h3-5,7-8,13,15H,6,9-12H2,1-2H3. The maximum Gasteiger partial charge on any atom is 0.227 e. The first-order chi connectivity index (χ1) is 9.16. The summed E-state index contributed by atoms with van der Waals surface area (Å²) in [5.41, 5.74) is 0.976. The van der Waals surface area contributed by atoms with Gasteiger partial charge in [-0.05, 0) is 30.9 Å². The number of amides is 1. The lowest BCUT2D eigenvalue weighted by Crippen LogP contribution is -2.38. The van der Waals surface area contributed by atoms with Crippen molar-refractivity contribution in [3.8, 4) is 0 Å². The topological polar surface area (TPSA) is 29.5 Å². The quantitative estimate of drug-likeness (QED) is 0.814. The summed E-state index contributed by atoms with van der Waals surface area (Å²) < 4.78 is 5.67. The lowest BCUT2D eigenvalue weighted by atomic mass is 10.1. The van der Waals surface area contributed by atoms with Crippen LogP contribution in [0.1, 0.15) is 33.1 Å². The molecule has 1 amide bonds. The third-order valence-corrected chi connectivity index (χ3v) is 3.36. The summed E-state index contributed by atoms with van der Waals surface area (Å²) in [7, 11) is 0. The van der Waals surface area contributed by atoms with Crippen LogP contribution in [0.25, 0.3) is 0 Å². The number of ether oxygens (including phenoxy) is 1. The Kier molecular flexibility index (Phi) is 4.97. The van der Waals surface area contributed by atoms with Crippen LogP contribution in [0.5, 0.6) is 0 Å². The van der Waals surface area contributed by atoms with Crippen molar-refractivity contribution in [3.63, 3.8) is 0 Å². The Hall–Kier alpha value is -1.35. The van der Waals surface area contributed by atoms with Crippen molar-refractivity contribution < 1.29 is 9.53 Å². The summed E-state index contributed by atoms with van der Waals surface area (Å²) in [5, 5.41) is 0. The Morgan fingerprint density at radius 2 is 2.11 bits per heavy atom. The van der Waals surface area contributed by atoms with Crippen LogP contribution >= 0.6 is 0 Å². The normalized spacial score (nSPS) is 18.8. The average Bonchev–Trinajstić information content (AvgIpc) is 2.89. The van der Waals surface area contributed by atoms with Crippen molar-refractivity contribution in [2.75, 3.05) is 18.1 Å². The highest BCUT2D eigenvalue weighted by Crippen LogP contribution is 2.20. The SMILES string of the molecule is CC(C)CC(=O)N(CC1CCCO1)c1ccccc1. The molecule has 0 spiro atoms. The van der Waals surface area contributed by atoms with Crippen molar-refractivity contribution in [3.05, 3.63) is 30.3 Å². The van der Waals surface area contributed by atoms with E-state index in [-0.39, 0.29) is 12.0 Å². The highest BCUT2D eigenvalue weighted by molar-refractivity contribution is 5.93. The van der Waals surface area contributed by atoms with Gasteiger partial charge in [-0.3, -0.25) is 4.79 Å². The number of hydrogen-bond acceptors (Lipinski definition) is 2. The summed E-state index contributed by atoms with van der Waals surface area (Å²) >= 11 is 0. The number of rotatable bonds is 5. The van der Waals surface area contributed by atoms with Gasteiger partial charge in [0.05, 0.1) is 12.6 Å². The molecular weight excluding hydrogens is 238 g/mol. The zero-order valence-corrected chi connectivity index (χ0v) is 11.8. The molecular formula is C16H23NO2. The molecule has 0 aromatic heterocycles. The van der Waals surface area contributed by atoms with Crippen molar-refractivity contribution in [2.24, 2.45) is 5.92 Å². The van der Waals surface area contributed by atoms with Crippen LogP contribution in [0, 0.1) is 5.92 Å². The molecule has 1 aliphatic rings. The van der Waals surface area contributed by atoms with E-state index in [9.17, 15) is 4.79 Å². The molecule has 1 heterocycles. The predicted octanol–water partition coefficient (Wildman–Crippen LogP) is 3.24. The second-order valence-corrected chi connectivity index (χ2v) is 5.57. The third-order valence-electron chi connectivity index (χ3n) is 3.36. The summed E-state index contributed by atoms with van der Waals surface area (Å²) in [5.74, 6) is 0.569. The maximum absolute atomic E-state index is 12.4. The van der Waals surface area contributed by atoms with Crippen LogP contribution in [0.3, 0.4) is 0 Å². The van der Waals surface area contributed by atoms with Crippen LogP contribution in [0.15, 0.2) is 30.3 Å². The zero-order chi connectivity index (χ0) is 13.7. The van der Waals surface area contributed by atoms with Gasteiger partial charge < -0.3 is 9.64 Å². The van der Waals surface area contributed by atoms with E-state index in [1.807, 2.05) is 35.2 Å². The van der Waals surface area contributed by atoms with E-state index in [2.05, 4.69) is 13.8 Å². The fourth-order valence-electron chi connectivity index (χ4n) is 2.41. The Labute approximate surface area is 115 Å². The van der Waals surface area contributed by atoms with Gasteiger partial charge in [0.1, 0.15) is 0 Å². The Bertz CT molecular complexity index is 396. The lowest BCUT2D eigenvalue weighted by molar-refractivity contribution is -0.119. The summed E-state index contributed by atoms with van der Waals surface area (Å²) in [4.78, 5) is 14.3. The van der Waals surface area contributed by atoms with E-state index in [1.54, 1.807) is 0 Å². The van der Waals surface area contributed by atoms with E-state index in [0.29, 0.717) is 18.9 Å². The van der Waals surface area contributed by atoms with Crippen molar-refractivity contribution in [1.29, 1.82) is 0 Å². The molecule has 0 aliphatic carbocycles. The summed E-state index contributed by atoms with van der Waals surface area (Å²) in [6.07, 6.45) is 2.93. The average molecular weight is 261 g/mol. The van der Waals surface area contributed by atoms with Crippen molar-refractivity contribution in [2.45, 2.75) is 39.2 Å². The highest BCUT2D eigenvalue weighted by Gasteiger charge is 2.23. The van der Waals surface area contributed by atoms with Crippen LogP contribution in [-0.2, 0) is 9.53 Å². The minimum absolute atomic E-state index is 0.191. The first-order valence-electron chi connectivity index (χ1n) is 7.14. The van der Waals surface area contributed by atoms with Gasteiger partial charge in [0, 0.05) is 18.7 Å². The minimum Gasteiger partial charge on any atom is -0.376 e. The van der Waals surface area contributed by atoms with Crippen LogP contribution < -0.4 is 4.90 Å². The van der Waals surface area contributed by atoms with Gasteiger partial charge >= 0.3 is 0 Å². The van der Waals surface area contributed by atoms with Crippen LogP contribution in [-0.4, -0.2) is 25.2 Å². The molecule has 104 valence electrons. The van der Waals surface area contributed by atoms with Crippen LogP contribution in [0.4, 0.5) is 5.69 Å². The number of carbonyl (C=O) groups is 1. The summed E-state index contributed by atoms with van der Waals surface area (Å²) in [6, 6.07) is 9.90. The monoisotopic (exact) mass is 261 g/mol. The molecule has 0 N–H and O–H groups in total. The lowest BCUT2D eigenvalue weighted by Gasteiger charge is -2.26. The molecule has 1 aliphatic heterocycles. The Morgan fingerprint density at radius 1 is 1.37 bits per heavy atom. The molecule has 0 radical (unpaired) electrons. The fourth-order valence-corrected chi connectivity index (χ4v) is 2.41. The molecule has 1 saturated heterocycles.